The molecular weight excluding hydrogens is 437 g/mol. The third-order valence-electron chi connectivity index (χ3n) is 4.94. The van der Waals surface area contributed by atoms with Crippen molar-refractivity contribution in [2.24, 2.45) is 0 Å². The molecule has 0 saturated heterocycles. The van der Waals surface area contributed by atoms with E-state index in [-0.39, 0.29) is 32.8 Å². The molecule has 1 heterocycles. The maximum atomic E-state index is 13.1. The smallest absolute Gasteiger partial charge is 0.456 e. The van der Waals surface area contributed by atoms with Crippen molar-refractivity contribution in [2.45, 2.75) is 5.51 Å². The second-order valence-corrected chi connectivity index (χ2v) is 8.37. The van der Waals surface area contributed by atoms with Crippen LogP contribution in [0.1, 0.15) is 0 Å². The third kappa shape index (κ3) is 2.82. The number of rotatable bonds is 2. The molecule has 0 aliphatic carbocycles. The number of halogens is 3. The van der Waals surface area contributed by atoms with Crippen LogP contribution in [0.5, 0.6) is 5.75 Å². The van der Waals surface area contributed by atoms with E-state index in [2.05, 4.69) is 4.18 Å². The van der Waals surface area contributed by atoms with Crippen LogP contribution >= 0.6 is 0 Å². The van der Waals surface area contributed by atoms with E-state index in [0.29, 0.717) is 16.2 Å². The van der Waals surface area contributed by atoms with E-state index < -0.39 is 26.8 Å². The van der Waals surface area contributed by atoms with Crippen molar-refractivity contribution in [1.82, 2.24) is 0 Å². The van der Waals surface area contributed by atoms with E-state index in [9.17, 15) is 31.2 Å². The summed E-state index contributed by atoms with van der Waals surface area (Å²) in [5, 5.41) is 2.10. The van der Waals surface area contributed by atoms with E-state index >= 15 is 0 Å². The topological polar surface area (TPSA) is 90.7 Å². The lowest BCUT2D eigenvalue weighted by molar-refractivity contribution is -0.0500. The third-order valence-corrected chi connectivity index (χ3v) is 5.92. The molecule has 0 N–H and O–H groups in total. The molecule has 5 rings (SSSR count). The van der Waals surface area contributed by atoms with Gasteiger partial charge in [0.2, 0.25) is 0 Å². The summed E-state index contributed by atoms with van der Waals surface area (Å²) >= 11 is 0. The summed E-state index contributed by atoms with van der Waals surface area (Å²) < 4.78 is 71.2. The predicted molar refractivity (Wildman–Crippen MR) is 108 cm³/mol. The zero-order valence-corrected chi connectivity index (χ0v) is 16.0. The second kappa shape index (κ2) is 6.17. The first-order valence-electron chi connectivity index (χ1n) is 8.76. The molecular formula is C21H9F3O6S. The SMILES string of the molecule is O=c1ccc2c(c1)oc1cc(OS(=O)(=O)C(F)(F)F)cc3c(=O)c4ccccc4c2c13. The van der Waals surface area contributed by atoms with Crippen molar-refractivity contribution in [1.29, 1.82) is 0 Å². The number of benzene rings is 4. The average Bonchev–Trinajstić information content (AvgIpc) is 2.69. The molecule has 0 bridgehead atoms. The molecule has 6 nitrogen and oxygen atoms in total. The van der Waals surface area contributed by atoms with Gasteiger partial charge in [0.25, 0.3) is 0 Å². The highest BCUT2D eigenvalue weighted by molar-refractivity contribution is 7.88. The first-order valence-corrected chi connectivity index (χ1v) is 10.2. The van der Waals surface area contributed by atoms with Crippen LogP contribution in [0.15, 0.2) is 68.6 Å². The summed E-state index contributed by atoms with van der Waals surface area (Å²) in [5.41, 5.74) is -6.52. The molecule has 0 atom stereocenters. The maximum absolute atomic E-state index is 13.1. The van der Waals surface area contributed by atoms with Gasteiger partial charge in [-0.2, -0.15) is 21.6 Å². The Morgan fingerprint density at radius 2 is 1.48 bits per heavy atom. The monoisotopic (exact) mass is 446 g/mol. The van der Waals surface area contributed by atoms with Gasteiger partial charge in [0.1, 0.15) is 16.9 Å². The average molecular weight is 446 g/mol. The van der Waals surface area contributed by atoms with Crippen LogP contribution in [0.3, 0.4) is 0 Å². The molecule has 0 aliphatic rings. The Morgan fingerprint density at radius 3 is 2.19 bits per heavy atom. The minimum Gasteiger partial charge on any atom is -0.456 e. The molecule has 5 aromatic rings. The zero-order valence-electron chi connectivity index (χ0n) is 15.2. The van der Waals surface area contributed by atoms with Gasteiger partial charge in [-0.15, -0.1) is 0 Å². The first kappa shape index (κ1) is 19.3. The second-order valence-electron chi connectivity index (χ2n) is 6.84. The Kier molecular flexibility index (Phi) is 3.85. The fraction of sp³-hybridized carbons (Fsp3) is 0.0476. The van der Waals surface area contributed by atoms with Gasteiger partial charge in [-0.25, -0.2) is 0 Å². The first-order chi connectivity index (χ1) is 14.6. The Labute approximate surface area is 170 Å². The molecule has 0 amide bonds. The molecule has 10 heteroatoms. The molecule has 0 fully saturated rings. The standard InChI is InChI=1S/C21H9F3O6S/c22-21(23,24)31(27,28)30-11-8-15-19-17(9-11)29-16-7-10(25)5-6-14(16)18(19)12-3-1-2-4-13(12)20(15)26/h1-9H. The van der Waals surface area contributed by atoms with Crippen molar-refractivity contribution in [3.8, 4) is 5.75 Å². The van der Waals surface area contributed by atoms with Crippen molar-refractivity contribution in [3.05, 3.63) is 75.0 Å². The highest BCUT2D eigenvalue weighted by Gasteiger charge is 2.48. The molecule has 0 aliphatic heterocycles. The van der Waals surface area contributed by atoms with Gasteiger partial charge in [-0.05, 0) is 23.6 Å². The van der Waals surface area contributed by atoms with E-state index in [1.54, 1.807) is 24.3 Å². The van der Waals surface area contributed by atoms with Gasteiger partial charge in [0, 0.05) is 39.1 Å². The fourth-order valence-corrected chi connectivity index (χ4v) is 4.14. The van der Waals surface area contributed by atoms with Gasteiger partial charge in [0.15, 0.2) is 10.9 Å². The Balaban J connectivity index is 1.99. The molecule has 1 aromatic heterocycles. The van der Waals surface area contributed by atoms with Crippen molar-refractivity contribution < 1.29 is 30.2 Å². The van der Waals surface area contributed by atoms with Gasteiger partial charge in [-0.3, -0.25) is 9.59 Å². The fourth-order valence-electron chi connectivity index (χ4n) is 3.70. The molecule has 0 unspecified atom stereocenters. The highest BCUT2D eigenvalue weighted by atomic mass is 32.2. The van der Waals surface area contributed by atoms with E-state index in [1.165, 1.54) is 18.2 Å². The van der Waals surface area contributed by atoms with Crippen LogP contribution in [0, 0.1) is 0 Å². The van der Waals surface area contributed by atoms with Crippen molar-refractivity contribution in [2.75, 3.05) is 0 Å². The summed E-state index contributed by atoms with van der Waals surface area (Å²) in [6.07, 6.45) is 0. The molecule has 0 spiro atoms. The summed E-state index contributed by atoms with van der Waals surface area (Å²) in [4.78, 5) is 24.9. The van der Waals surface area contributed by atoms with Gasteiger partial charge in [0.05, 0.1) is 0 Å². The lowest BCUT2D eigenvalue weighted by Gasteiger charge is -2.14. The molecule has 0 radical (unpaired) electrons. The molecule has 4 aromatic carbocycles. The van der Waals surface area contributed by atoms with Gasteiger partial charge >= 0.3 is 15.6 Å². The largest absolute Gasteiger partial charge is 0.534 e. The summed E-state index contributed by atoms with van der Waals surface area (Å²) in [7, 11) is -5.97. The number of hydrogen-bond donors (Lipinski definition) is 0. The normalized spacial score (nSPS) is 12.9. The van der Waals surface area contributed by atoms with Crippen LogP contribution in [-0.2, 0) is 10.1 Å². The van der Waals surface area contributed by atoms with E-state index in [1.807, 2.05) is 0 Å². The van der Waals surface area contributed by atoms with E-state index in [4.69, 9.17) is 4.42 Å². The van der Waals surface area contributed by atoms with Crippen molar-refractivity contribution >= 4 is 53.6 Å². The Hall–Kier alpha value is -3.66. The zero-order chi connectivity index (χ0) is 22.1. The van der Waals surface area contributed by atoms with Crippen LogP contribution in [0.4, 0.5) is 13.2 Å². The minimum absolute atomic E-state index is 0.0737. The number of alkyl halides is 3. The lowest BCUT2D eigenvalue weighted by Crippen LogP contribution is -2.28. The van der Waals surface area contributed by atoms with Crippen LogP contribution in [0.2, 0.25) is 0 Å². The van der Waals surface area contributed by atoms with Crippen molar-refractivity contribution in [3.63, 3.8) is 0 Å². The van der Waals surface area contributed by atoms with Gasteiger partial charge < -0.3 is 8.60 Å². The maximum Gasteiger partial charge on any atom is 0.534 e. The summed E-state index contributed by atoms with van der Waals surface area (Å²) in [6, 6.07) is 12.5. The highest BCUT2D eigenvalue weighted by Crippen LogP contribution is 2.39. The number of hydrogen-bond acceptors (Lipinski definition) is 6. The molecule has 156 valence electrons. The van der Waals surface area contributed by atoms with E-state index in [0.717, 1.165) is 12.1 Å². The summed E-state index contributed by atoms with van der Waals surface area (Å²) in [5.74, 6) is -0.736. The quantitative estimate of drug-likeness (QED) is 0.174. The number of fused-ring (bicyclic) bond motifs is 4. The van der Waals surface area contributed by atoms with Gasteiger partial charge in [-0.1, -0.05) is 24.3 Å². The minimum atomic E-state index is -5.97. The van der Waals surface area contributed by atoms with Crippen LogP contribution < -0.4 is 15.0 Å². The Bertz CT molecular complexity index is 1750. The lowest BCUT2D eigenvalue weighted by atomic mass is 9.95. The summed E-state index contributed by atoms with van der Waals surface area (Å²) in [6.45, 7) is 0. The predicted octanol–water partition coefficient (Wildman–Crippen LogP) is 4.28. The molecule has 0 saturated carbocycles. The van der Waals surface area contributed by atoms with Crippen LogP contribution in [-0.4, -0.2) is 13.9 Å². The van der Waals surface area contributed by atoms with Crippen LogP contribution in [0.25, 0.3) is 43.5 Å². The molecule has 31 heavy (non-hydrogen) atoms. The Morgan fingerprint density at radius 1 is 0.774 bits per heavy atom.